The molecule has 0 aromatic carbocycles. The molecule has 30 heavy (non-hydrogen) atoms. The van der Waals surface area contributed by atoms with Gasteiger partial charge in [-0.2, -0.15) is 0 Å². The molecule has 0 atom stereocenters. The Balaban J connectivity index is 1.90. The summed E-state index contributed by atoms with van der Waals surface area (Å²) in [4.78, 5) is 62.1. The van der Waals surface area contributed by atoms with Gasteiger partial charge in [-0.3, -0.25) is 19.2 Å². The molecule has 0 aromatic heterocycles. The quantitative estimate of drug-likeness (QED) is 0.277. The first-order valence-electron chi connectivity index (χ1n) is 10.6. The molecular weight excluding hydrogens is 394 g/mol. The SMILES string of the molecule is CCCC(=O)NCCOCCNC(=O)CCCCCCC(=O)ON1C(=O)CCC1=O. The summed E-state index contributed by atoms with van der Waals surface area (Å²) in [5.41, 5.74) is 0. The zero-order valence-electron chi connectivity index (χ0n) is 17.7. The molecule has 2 N–H and O–H groups in total. The van der Waals surface area contributed by atoms with E-state index in [1.807, 2.05) is 6.92 Å². The van der Waals surface area contributed by atoms with Crippen molar-refractivity contribution in [3.63, 3.8) is 0 Å². The molecule has 10 nitrogen and oxygen atoms in total. The first-order valence-corrected chi connectivity index (χ1v) is 10.6. The van der Waals surface area contributed by atoms with E-state index in [1.165, 1.54) is 0 Å². The lowest BCUT2D eigenvalue weighted by Crippen LogP contribution is -2.31. The Hall–Kier alpha value is -2.49. The van der Waals surface area contributed by atoms with E-state index < -0.39 is 17.8 Å². The second-order valence-electron chi connectivity index (χ2n) is 7.02. The molecule has 1 aliphatic heterocycles. The van der Waals surface area contributed by atoms with Crippen molar-refractivity contribution in [1.29, 1.82) is 0 Å². The molecule has 0 aliphatic carbocycles. The average Bonchev–Trinajstić information content (AvgIpc) is 3.02. The van der Waals surface area contributed by atoms with E-state index in [4.69, 9.17) is 9.57 Å². The fourth-order valence-electron chi connectivity index (χ4n) is 2.74. The highest BCUT2D eigenvalue weighted by molar-refractivity contribution is 6.01. The summed E-state index contributed by atoms with van der Waals surface area (Å²) >= 11 is 0. The van der Waals surface area contributed by atoms with Crippen molar-refractivity contribution in [3.8, 4) is 0 Å². The monoisotopic (exact) mass is 427 g/mol. The first kappa shape index (κ1) is 25.5. The Labute approximate surface area is 177 Å². The minimum Gasteiger partial charge on any atom is -0.378 e. The van der Waals surface area contributed by atoms with Crippen LogP contribution in [-0.2, 0) is 33.5 Å². The molecule has 0 aromatic rings. The molecule has 1 fully saturated rings. The highest BCUT2D eigenvalue weighted by Gasteiger charge is 2.32. The number of nitrogens with zero attached hydrogens (tertiary/aromatic N) is 1. The van der Waals surface area contributed by atoms with Crippen LogP contribution in [0.3, 0.4) is 0 Å². The molecule has 0 radical (unpaired) electrons. The third-order valence-electron chi connectivity index (χ3n) is 4.35. The fourth-order valence-corrected chi connectivity index (χ4v) is 2.74. The molecule has 4 amide bonds. The van der Waals surface area contributed by atoms with Crippen LogP contribution in [0.5, 0.6) is 0 Å². The number of unbranched alkanes of at least 4 members (excludes halogenated alkanes) is 3. The molecule has 10 heteroatoms. The zero-order valence-corrected chi connectivity index (χ0v) is 17.7. The van der Waals surface area contributed by atoms with E-state index in [2.05, 4.69) is 10.6 Å². The summed E-state index contributed by atoms with van der Waals surface area (Å²) in [6, 6.07) is 0. The molecule has 0 spiro atoms. The number of imide groups is 1. The van der Waals surface area contributed by atoms with E-state index in [9.17, 15) is 24.0 Å². The maximum atomic E-state index is 11.7. The molecule has 0 unspecified atom stereocenters. The number of carbonyl (C=O) groups excluding carboxylic acids is 5. The van der Waals surface area contributed by atoms with E-state index in [1.54, 1.807) is 0 Å². The van der Waals surface area contributed by atoms with Gasteiger partial charge in [0.15, 0.2) is 0 Å². The van der Waals surface area contributed by atoms with Gasteiger partial charge >= 0.3 is 5.97 Å². The molecule has 1 heterocycles. The maximum absolute atomic E-state index is 11.7. The van der Waals surface area contributed by atoms with Crippen molar-refractivity contribution in [2.75, 3.05) is 26.3 Å². The van der Waals surface area contributed by atoms with Crippen LogP contribution in [0, 0.1) is 0 Å². The predicted octanol–water partition coefficient (Wildman–Crippen LogP) is 0.983. The summed E-state index contributed by atoms with van der Waals surface area (Å²) in [5, 5.41) is 6.06. The third-order valence-corrected chi connectivity index (χ3v) is 4.35. The Bertz CT molecular complexity index is 579. The predicted molar refractivity (Wildman–Crippen MR) is 107 cm³/mol. The summed E-state index contributed by atoms with van der Waals surface area (Å²) in [6.45, 7) is 3.62. The van der Waals surface area contributed by atoms with Crippen LogP contribution in [0.1, 0.15) is 71.1 Å². The molecule has 0 bridgehead atoms. The van der Waals surface area contributed by atoms with Gasteiger partial charge in [-0.15, -0.1) is 5.06 Å². The minimum atomic E-state index is -0.596. The molecule has 1 aliphatic rings. The second-order valence-corrected chi connectivity index (χ2v) is 7.02. The van der Waals surface area contributed by atoms with Crippen molar-refractivity contribution >= 4 is 29.6 Å². The maximum Gasteiger partial charge on any atom is 0.333 e. The Kier molecular flexibility index (Phi) is 13.1. The molecular formula is C20H33N3O7. The number of hydrogen-bond donors (Lipinski definition) is 2. The third kappa shape index (κ3) is 11.5. The molecule has 170 valence electrons. The van der Waals surface area contributed by atoms with Gasteiger partial charge in [-0.25, -0.2) is 4.79 Å². The highest BCUT2D eigenvalue weighted by Crippen LogP contribution is 2.13. The van der Waals surface area contributed by atoms with Crippen LogP contribution < -0.4 is 10.6 Å². The van der Waals surface area contributed by atoms with Gasteiger partial charge < -0.3 is 20.2 Å². The van der Waals surface area contributed by atoms with Crippen molar-refractivity contribution < 1.29 is 33.5 Å². The normalized spacial score (nSPS) is 13.4. The van der Waals surface area contributed by atoms with Crippen molar-refractivity contribution in [1.82, 2.24) is 15.7 Å². The number of ether oxygens (including phenoxy) is 1. The smallest absolute Gasteiger partial charge is 0.333 e. The summed E-state index contributed by atoms with van der Waals surface area (Å²) in [5.74, 6) is -1.60. The molecule has 0 saturated carbocycles. The number of nitrogens with one attached hydrogen (secondary N) is 2. The Morgan fingerprint density at radius 1 is 0.833 bits per heavy atom. The molecule has 1 rings (SSSR count). The van der Waals surface area contributed by atoms with Gasteiger partial charge in [0.05, 0.1) is 13.2 Å². The number of hydroxylamine groups is 2. The van der Waals surface area contributed by atoms with E-state index >= 15 is 0 Å². The number of carbonyl (C=O) groups is 5. The number of rotatable bonds is 16. The Morgan fingerprint density at radius 2 is 1.37 bits per heavy atom. The number of amides is 4. The second kappa shape index (κ2) is 15.4. The van der Waals surface area contributed by atoms with Crippen molar-refractivity contribution in [3.05, 3.63) is 0 Å². The summed E-state index contributed by atoms with van der Waals surface area (Å²) in [6.07, 6.45) is 4.82. The lowest BCUT2D eigenvalue weighted by Gasteiger charge is -2.12. The summed E-state index contributed by atoms with van der Waals surface area (Å²) in [7, 11) is 0. The standard InChI is InChI=1S/C20H33N3O7/c1-2-7-16(24)21-12-14-29-15-13-22-17(25)8-5-3-4-6-9-20(28)30-23-18(26)10-11-19(23)27/h2-15H2,1H3,(H,21,24)(H,22,25). The van der Waals surface area contributed by atoms with E-state index in [-0.39, 0.29) is 31.1 Å². The van der Waals surface area contributed by atoms with Gasteiger partial charge in [-0.1, -0.05) is 19.8 Å². The van der Waals surface area contributed by atoms with Gasteiger partial charge in [0, 0.05) is 45.2 Å². The van der Waals surface area contributed by atoms with Gasteiger partial charge in [-0.05, 0) is 19.3 Å². The fraction of sp³-hybridized carbons (Fsp3) is 0.750. The van der Waals surface area contributed by atoms with Crippen molar-refractivity contribution in [2.24, 2.45) is 0 Å². The van der Waals surface area contributed by atoms with Crippen LogP contribution in [-0.4, -0.2) is 61.0 Å². The van der Waals surface area contributed by atoms with Gasteiger partial charge in [0.1, 0.15) is 0 Å². The van der Waals surface area contributed by atoms with Crippen molar-refractivity contribution in [2.45, 2.75) is 71.1 Å². The van der Waals surface area contributed by atoms with Gasteiger partial charge in [0.25, 0.3) is 11.8 Å². The average molecular weight is 427 g/mol. The Morgan fingerprint density at radius 3 is 1.93 bits per heavy atom. The summed E-state index contributed by atoms with van der Waals surface area (Å²) < 4.78 is 5.33. The van der Waals surface area contributed by atoms with Crippen LogP contribution in [0.2, 0.25) is 0 Å². The first-order chi connectivity index (χ1) is 14.4. The van der Waals surface area contributed by atoms with E-state index in [0.29, 0.717) is 57.0 Å². The van der Waals surface area contributed by atoms with Gasteiger partial charge in [0.2, 0.25) is 11.8 Å². The molecule has 1 saturated heterocycles. The van der Waals surface area contributed by atoms with Crippen LogP contribution in [0.15, 0.2) is 0 Å². The zero-order chi connectivity index (χ0) is 22.2. The minimum absolute atomic E-state index is 0.0167. The van der Waals surface area contributed by atoms with Crippen LogP contribution in [0.4, 0.5) is 0 Å². The van der Waals surface area contributed by atoms with Crippen LogP contribution >= 0.6 is 0 Å². The largest absolute Gasteiger partial charge is 0.378 e. The topological polar surface area (TPSA) is 131 Å². The lowest BCUT2D eigenvalue weighted by molar-refractivity contribution is -0.197. The van der Waals surface area contributed by atoms with E-state index in [0.717, 1.165) is 19.3 Å². The highest BCUT2D eigenvalue weighted by atomic mass is 16.7. The lowest BCUT2D eigenvalue weighted by atomic mass is 10.1. The number of hydrogen-bond acceptors (Lipinski definition) is 7. The van der Waals surface area contributed by atoms with Crippen LogP contribution in [0.25, 0.3) is 0 Å².